The molecule has 0 saturated carbocycles. The molecule has 88 valence electrons. The molecule has 0 fully saturated rings. The van der Waals surface area contributed by atoms with Crippen molar-refractivity contribution < 1.29 is 18.7 Å². The first kappa shape index (κ1) is 11.2. The maximum Gasteiger partial charge on any atom is 0.358 e. The Morgan fingerprint density at radius 2 is 2.12 bits per heavy atom. The van der Waals surface area contributed by atoms with Crippen LogP contribution in [0.15, 0.2) is 18.2 Å². The first-order chi connectivity index (χ1) is 8.02. The molecule has 5 nitrogen and oxygen atoms in total. The van der Waals surface area contributed by atoms with E-state index in [1.807, 2.05) is 0 Å². The minimum absolute atomic E-state index is 0.127. The first-order valence-electron chi connectivity index (χ1n) is 4.62. The van der Waals surface area contributed by atoms with Crippen molar-refractivity contribution in [3.05, 3.63) is 41.2 Å². The van der Waals surface area contributed by atoms with Gasteiger partial charge in [0, 0.05) is 0 Å². The van der Waals surface area contributed by atoms with Crippen molar-refractivity contribution in [2.24, 2.45) is 0 Å². The molecule has 0 atom stereocenters. The summed E-state index contributed by atoms with van der Waals surface area (Å²) in [4.78, 5) is 10.7. The van der Waals surface area contributed by atoms with Gasteiger partial charge in [-0.05, 0) is 19.1 Å². The monoisotopic (exact) mass is 239 g/mol. The van der Waals surface area contributed by atoms with Gasteiger partial charge in [0.15, 0.2) is 17.3 Å². The third kappa shape index (κ3) is 1.75. The fraction of sp³-hybridized carbons (Fsp3) is 0.100. The van der Waals surface area contributed by atoms with Crippen molar-refractivity contribution in [1.29, 1.82) is 0 Å². The van der Waals surface area contributed by atoms with Crippen molar-refractivity contribution in [1.82, 2.24) is 15.0 Å². The van der Waals surface area contributed by atoms with E-state index in [4.69, 9.17) is 5.11 Å². The van der Waals surface area contributed by atoms with Gasteiger partial charge in [-0.15, -0.1) is 5.10 Å². The molecule has 2 aromatic rings. The van der Waals surface area contributed by atoms with E-state index in [-0.39, 0.29) is 17.1 Å². The fourth-order valence-electron chi connectivity index (χ4n) is 1.41. The summed E-state index contributed by atoms with van der Waals surface area (Å²) < 4.78 is 27.4. The molecule has 0 aliphatic carbocycles. The Hall–Kier alpha value is -2.31. The zero-order chi connectivity index (χ0) is 12.6. The zero-order valence-electron chi connectivity index (χ0n) is 8.69. The lowest BCUT2D eigenvalue weighted by Crippen LogP contribution is -2.05. The molecule has 2 rings (SSSR count). The number of carboxylic acid groups (broad SMARTS) is 1. The lowest BCUT2D eigenvalue weighted by atomic mass is 10.2. The molecule has 1 aromatic carbocycles. The highest BCUT2D eigenvalue weighted by molar-refractivity contribution is 5.86. The lowest BCUT2D eigenvalue weighted by molar-refractivity contribution is 0.0689. The smallest absolute Gasteiger partial charge is 0.358 e. The molecule has 1 aromatic heterocycles. The van der Waals surface area contributed by atoms with Gasteiger partial charge in [-0.25, -0.2) is 18.3 Å². The van der Waals surface area contributed by atoms with Gasteiger partial charge in [0.05, 0.1) is 5.69 Å². The number of hydrogen-bond donors (Lipinski definition) is 1. The van der Waals surface area contributed by atoms with Crippen LogP contribution in [0.25, 0.3) is 5.69 Å². The van der Waals surface area contributed by atoms with Crippen LogP contribution in [0.2, 0.25) is 0 Å². The van der Waals surface area contributed by atoms with Gasteiger partial charge >= 0.3 is 5.97 Å². The van der Waals surface area contributed by atoms with Crippen LogP contribution in [0.4, 0.5) is 8.78 Å². The average molecular weight is 239 g/mol. The van der Waals surface area contributed by atoms with Gasteiger partial charge in [0.25, 0.3) is 0 Å². The zero-order valence-corrected chi connectivity index (χ0v) is 8.69. The summed E-state index contributed by atoms with van der Waals surface area (Å²) in [5.74, 6) is -3.41. The molecule has 0 spiro atoms. The molecule has 1 N–H and O–H groups in total. The highest BCUT2D eigenvalue weighted by atomic mass is 19.2. The summed E-state index contributed by atoms with van der Waals surface area (Å²) in [7, 11) is 0. The number of aromatic nitrogens is 3. The highest BCUT2D eigenvalue weighted by Crippen LogP contribution is 2.17. The van der Waals surface area contributed by atoms with Crippen LogP contribution in [0, 0.1) is 18.6 Å². The van der Waals surface area contributed by atoms with Gasteiger partial charge in [-0.1, -0.05) is 11.3 Å². The molecule has 0 radical (unpaired) electrons. The lowest BCUT2D eigenvalue weighted by Gasteiger charge is -2.04. The third-order valence-electron chi connectivity index (χ3n) is 2.26. The molecular weight excluding hydrogens is 232 g/mol. The van der Waals surface area contributed by atoms with Crippen molar-refractivity contribution in [2.45, 2.75) is 6.92 Å². The van der Waals surface area contributed by atoms with E-state index in [2.05, 4.69) is 10.3 Å². The largest absolute Gasteiger partial charge is 0.476 e. The maximum absolute atomic E-state index is 13.5. The van der Waals surface area contributed by atoms with E-state index in [9.17, 15) is 13.6 Å². The SMILES string of the molecule is Cc1c(C(=O)O)nnn1-c1cccc(F)c1F. The van der Waals surface area contributed by atoms with Gasteiger partial charge in [-0.3, -0.25) is 0 Å². The molecule has 0 aliphatic rings. The van der Waals surface area contributed by atoms with Crippen molar-refractivity contribution in [3.8, 4) is 5.69 Å². The van der Waals surface area contributed by atoms with Gasteiger partial charge in [0.1, 0.15) is 5.69 Å². The van der Waals surface area contributed by atoms with E-state index >= 15 is 0 Å². The Morgan fingerprint density at radius 3 is 2.71 bits per heavy atom. The topological polar surface area (TPSA) is 68.0 Å². The molecule has 7 heteroatoms. The maximum atomic E-state index is 13.5. The second-order valence-electron chi connectivity index (χ2n) is 3.31. The van der Waals surface area contributed by atoms with Crippen molar-refractivity contribution in [2.75, 3.05) is 0 Å². The number of aromatic carboxylic acids is 1. The minimum Gasteiger partial charge on any atom is -0.476 e. The number of hydrogen-bond acceptors (Lipinski definition) is 3. The Labute approximate surface area is 94.3 Å². The Bertz CT molecular complexity index is 595. The van der Waals surface area contributed by atoms with Gasteiger partial charge in [0.2, 0.25) is 0 Å². The van der Waals surface area contributed by atoms with Crippen LogP contribution in [0.3, 0.4) is 0 Å². The standard InChI is InChI=1S/C10H7F2N3O2/c1-5-9(10(16)17)13-14-15(5)7-4-2-3-6(11)8(7)12/h2-4H,1H3,(H,16,17). The van der Waals surface area contributed by atoms with Crippen LogP contribution in [0.5, 0.6) is 0 Å². The first-order valence-corrected chi connectivity index (χ1v) is 4.62. The second kappa shape index (κ2) is 3.93. The predicted octanol–water partition coefficient (Wildman–Crippen LogP) is 1.55. The number of halogens is 2. The van der Waals surface area contributed by atoms with Crippen LogP contribution in [-0.4, -0.2) is 26.1 Å². The number of carbonyl (C=O) groups is 1. The normalized spacial score (nSPS) is 10.5. The summed E-state index contributed by atoms with van der Waals surface area (Å²) in [5, 5.41) is 15.6. The van der Waals surface area contributed by atoms with E-state index in [1.54, 1.807) is 0 Å². The third-order valence-corrected chi connectivity index (χ3v) is 2.26. The average Bonchev–Trinajstić information content (AvgIpc) is 2.64. The summed E-state index contributed by atoms with van der Waals surface area (Å²) in [6.45, 7) is 1.41. The number of nitrogens with zero attached hydrogens (tertiary/aromatic N) is 3. The minimum atomic E-state index is -1.27. The number of rotatable bonds is 2. The molecule has 1 heterocycles. The number of carboxylic acids is 1. The van der Waals surface area contributed by atoms with Crippen molar-refractivity contribution in [3.63, 3.8) is 0 Å². The summed E-state index contributed by atoms with van der Waals surface area (Å²) in [5.41, 5.74) is -0.349. The van der Waals surface area contributed by atoms with Gasteiger partial charge in [-0.2, -0.15) is 0 Å². The number of benzene rings is 1. The predicted molar refractivity (Wildman–Crippen MR) is 53.0 cm³/mol. The summed E-state index contributed by atoms with van der Waals surface area (Å²) >= 11 is 0. The quantitative estimate of drug-likeness (QED) is 0.863. The van der Waals surface area contributed by atoms with Gasteiger partial charge < -0.3 is 5.11 Å². The Kier molecular flexibility index (Phi) is 2.58. The molecule has 17 heavy (non-hydrogen) atoms. The Morgan fingerprint density at radius 1 is 1.41 bits per heavy atom. The van der Waals surface area contributed by atoms with E-state index in [1.165, 1.54) is 19.1 Å². The molecular formula is C10H7F2N3O2. The molecule has 0 unspecified atom stereocenters. The van der Waals surface area contributed by atoms with Crippen molar-refractivity contribution >= 4 is 5.97 Å². The molecule has 0 amide bonds. The van der Waals surface area contributed by atoms with Crippen LogP contribution in [-0.2, 0) is 0 Å². The fourth-order valence-corrected chi connectivity index (χ4v) is 1.41. The Balaban J connectivity index is 2.62. The van der Waals surface area contributed by atoms with E-state index in [0.29, 0.717) is 0 Å². The van der Waals surface area contributed by atoms with E-state index < -0.39 is 17.6 Å². The molecule has 0 saturated heterocycles. The van der Waals surface area contributed by atoms with Crippen LogP contribution in [0.1, 0.15) is 16.2 Å². The van der Waals surface area contributed by atoms with Crippen LogP contribution >= 0.6 is 0 Å². The van der Waals surface area contributed by atoms with E-state index in [0.717, 1.165) is 10.7 Å². The second-order valence-corrected chi connectivity index (χ2v) is 3.31. The highest BCUT2D eigenvalue weighted by Gasteiger charge is 2.19. The molecule has 0 bridgehead atoms. The van der Waals surface area contributed by atoms with Crippen LogP contribution < -0.4 is 0 Å². The molecule has 0 aliphatic heterocycles. The summed E-state index contributed by atoms with van der Waals surface area (Å²) in [6, 6.07) is 3.55. The summed E-state index contributed by atoms with van der Waals surface area (Å²) in [6.07, 6.45) is 0.